The molecule has 0 saturated carbocycles. The smallest absolute Gasteiger partial charge is 0.444 e. The number of halogens is 3. The Kier molecular flexibility index (Phi) is 6.45. The van der Waals surface area contributed by atoms with Crippen molar-refractivity contribution in [1.82, 2.24) is 5.32 Å². The Morgan fingerprint density at radius 3 is 2.10 bits per heavy atom. The third-order valence-corrected chi connectivity index (χ3v) is 4.77. The van der Waals surface area contributed by atoms with Gasteiger partial charge in [0, 0.05) is 18.2 Å². The second-order valence-corrected chi connectivity index (χ2v) is 8.95. The van der Waals surface area contributed by atoms with E-state index in [0.717, 1.165) is 6.07 Å². The number of benzene rings is 1. The Bertz CT molecular complexity index is 803. The second kappa shape index (κ2) is 8.03. The zero-order chi connectivity index (χ0) is 22.2. The first-order chi connectivity index (χ1) is 13.1. The minimum absolute atomic E-state index is 0.107. The molecule has 1 aromatic carbocycles. The molecule has 0 unspecified atom stereocenters. The molecule has 2 rings (SSSR count). The molecule has 0 bridgehead atoms. The summed E-state index contributed by atoms with van der Waals surface area (Å²) in [7, 11) is -0.928. The van der Waals surface area contributed by atoms with Crippen molar-refractivity contribution >= 4 is 19.3 Å². The van der Waals surface area contributed by atoms with Gasteiger partial charge >= 0.3 is 13.2 Å². The standard InChI is InChI=1S/C20H27BF3NO4/c1-18(2,3)27-17(26)25-11-13(21-28-19(4,5)20(6,7)29-21)8-12-9-15(23)16(24)10-14(12)22/h8-10H,11H2,1-7H3,(H,25,26). The summed E-state index contributed by atoms with van der Waals surface area (Å²) in [5.41, 5.74) is -1.95. The van der Waals surface area contributed by atoms with Gasteiger partial charge in [-0.3, -0.25) is 0 Å². The summed E-state index contributed by atoms with van der Waals surface area (Å²) in [6.45, 7) is 12.4. The highest BCUT2D eigenvalue weighted by Gasteiger charge is 2.52. The van der Waals surface area contributed by atoms with Gasteiger partial charge in [0.2, 0.25) is 0 Å². The third-order valence-electron chi connectivity index (χ3n) is 4.77. The van der Waals surface area contributed by atoms with Crippen LogP contribution in [-0.2, 0) is 14.0 Å². The molecule has 0 aromatic heterocycles. The van der Waals surface area contributed by atoms with Crippen LogP contribution in [0.25, 0.3) is 6.08 Å². The van der Waals surface area contributed by atoms with Gasteiger partial charge in [0.1, 0.15) is 11.4 Å². The Hall–Kier alpha value is -2.00. The highest BCUT2D eigenvalue weighted by atomic mass is 19.2. The summed E-state index contributed by atoms with van der Waals surface area (Å²) in [5.74, 6) is -3.43. The van der Waals surface area contributed by atoms with Crippen molar-refractivity contribution in [3.8, 4) is 0 Å². The van der Waals surface area contributed by atoms with Gasteiger partial charge in [-0.25, -0.2) is 18.0 Å². The molecule has 1 aliphatic heterocycles. The fourth-order valence-corrected chi connectivity index (χ4v) is 2.53. The SMILES string of the molecule is CC(C)(C)OC(=O)NCC(=Cc1cc(F)c(F)cc1F)B1OC(C)(C)C(C)(C)O1. The monoisotopic (exact) mass is 413 g/mol. The molecule has 1 aliphatic rings. The van der Waals surface area contributed by atoms with Crippen LogP contribution in [-0.4, -0.2) is 36.6 Å². The first-order valence-corrected chi connectivity index (χ1v) is 9.29. The van der Waals surface area contributed by atoms with Gasteiger partial charge < -0.3 is 19.4 Å². The van der Waals surface area contributed by atoms with E-state index >= 15 is 0 Å². The first-order valence-electron chi connectivity index (χ1n) is 9.29. The summed E-state index contributed by atoms with van der Waals surface area (Å²) in [5, 5.41) is 2.56. The van der Waals surface area contributed by atoms with E-state index < -0.39 is 47.5 Å². The molecule has 1 fully saturated rings. The van der Waals surface area contributed by atoms with Gasteiger partial charge in [-0.1, -0.05) is 6.08 Å². The van der Waals surface area contributed by atoms with Crippen LogP contribution in [0.4, 0.5) is 18.0 Å². The predicted molar refractivity (Wildman–Crippen MR) is 105 cm³/mol. The van der Waals surface area contributed by atoms with E-state index in [-0.39, 0.29) is 12.1 Å². The fraction of sp³-hybridized carbons (Fsp3) is 0.550. The molecular weight excluding hydrogens is 386 g/mol. The summed E-state index contributed by atoms with van der Waals surface area (Å²) in [6, 6.07) is 1.20. The number of hydrogen-bond acceptors (Lipinski definition) is 4. The van der Waals surface area contributed by atoms with Gasteiger partial charge in [0.25, 0.3) is 0 Å². The molecule has 9 heteroatoms. The van der Waals surface area contributed by atoms with Crippen LogP contribution in [0.1, 0.15) is 54.0 Å². The van der Waals surface area contributed by atoms with E-state index in [0.29, 0.717) is 11.5 Å². The molecule has 1 amide bonds. The highest BCUT2D eigenvalue weighted by Crippen LogP contribution is 2.38. The van der Waals surface area contributed by atoms with Crippen molar-refractivity contribution in [2.24, 2.45) is 0 Å². The topological polar surface area (TPSA) is 56.8 Å². The zero-order valence-corrected chi connectivity index (χ0v) is 17.8. The average Bonchev–Trinajstić information content (AvgIpc) is 2.74. The van der Waals surface area contributed by atoms with E-state index in [1.165, 1.54) is 6.08 Å². The minimum atomic E-state index is -1.29. The van der Waals surface area contributed by atoms with Crippen molar-refractivity contribution < 1.29 is 32.0 Å². The van der Waals surface area contributed by atoms with Gasteiger partial charge in [-0.15, -0.1) is 0 Å². The molecule has 5 nitrogen and oxygen atoms in total. The average molecular weight is 413 g/mol. The minimum Gasteiger partial charge on any atom is -0.444 e. The lowest BCUT2D eigenvalue weighted by atomic mass is 9.77. The Labute approximate surface area is 169 Å². The maximum absolute atomic E-state index is 14.2. The zero-order valence-electron chi connectivity index (χ0n) is 17.8. The van der Waals surface area contributed by atoms with E-state index in [9.17, 15) is 18.0 Å². The summed E-state index contributed by atoms with van der Waals surface area (Å²) < 4.78 is 58.1. The number of carbonyl (C=O) groups excluding carboxylic acids is 1. The number of alkyl carbamates (subject to hydrolysis) is 1. The number of rotatable bonds is 4. The van der Waals surface area contributed by atoms with Crippen molar-refractivity contribution in [2.75, 3.05) is 6.54 Å². The number of ether oxygens (including phenoxy) is 1. The van der Waals surface area contributed by atoms with Crippen molar-refractivity contribution in [3.63, 3.8) is 0 Å². The summed E-state index contributed by atoms with van der Waals surface area (Å²) in [6.07, 6.45) is 0.586. The van der Waals surface area contributed by atoms with Crippen LogP contribution in [0.15, 0.2) is 17.6 Å². The van der Waals surface area contributed by atoms with Crippen LogP contribution in [0.2, 0.25) is 0 Å². The van der Waals surface area contributed by atoms with Crippen LogP contribution >= 0.6 is 0 Å². The van der Waals surface area contributed by atoms with Crippen molar-refractivity contribution in [1.29, 1.82) is 0 Å². The summed E-state index contributed by atoms with van der Waals surface area (Å²) >= 11 is 0. The van der Waals surface area contributed by atoms with Crippen LogP contribution in [0.3, 0.4) is 0 Å². The Morgan fingerprint density at radius 2 is 1.59 bits per heavy atom. The van der Waals surface area contributed by atoms with Gasteiger partial charge in [-0.05, 0) is 60.0 Å². The largest absolute Gasteiger partial charge is 0.492 e. The molecule has 160 valence electrons. The fourth-order valence-electron chi connectivity index (χ4n) is 2.53. The van der Waals surface area contributed by atoms with Crippen LogP contribution in [0.5, 0.6) is 0 Å². The summed E-state index contributed by atoms with van der Waals surface area (Å²) in [4.78, 5) is 12.0. The lowest BCUT2D eigenvalue weighted by Crippen LogP contribution is -2.41. The normalized spacial score (nSPS) is 18.7. The number of carbonyl (C=O) groups is 1. The van der Waals surface area contributed by atoms with Crippen LogP contribution in [0, 0.1) is 17.5 Å². The van der Waals surface area contributed by atoms with E-state index in [1.54, 1.807) is 20.8 Å². The van der Waals surface area contributed by atoms with E-state index in [4.69, 9.17) is 14.0 Å². The molecule has 0 spiro atoms. The van der Waals surface area contributed by atoms with E-state index in [1.807, 2.05) is 27.7 Å². The molecule has 1 heterocycles. The van der Waals surface area contributed by atoms with E-state index in [2.05, 4.69) is 5.32 Å². The van der Waals surface area contributed by atoms with Gasteiger partial charge in [-0.2, -0.15) is 0 Å². The van der Waals surface area contributed by atoms with Gasteiger partial charge in [0.05, 0.1) is 11.2 Å². The predicted octanol–water partition coefficient (Wildman–Crippen LogP) is 4.64. The lowest BCUT2D eigenvalue weighted by Gasteiger charge is -2.32. The molecule has 0 aliphatic carbocycles. The highest BCUT2D eigenvalue weighted by molar-refractivity contribution is 6.56. The second-order valence-electron chi connectivity index (χ2n) is 8.95. The quantitative estimate of drug-likeness (QED) is 0.577. The first kappa shape index (κ1) is 23.3. The molecule has 0 atom stereocenters. The van der Waals surface area contributed by atoms with Crippen LogP contribution < -0.4 is 5.32 Å². The van der Waals surface area contributed by atoms with Crippen molar-refractivity contribution in [3.05, 3.63) is 40.6 Å². The third kappa shape index (κ3) is 5.76. The molecule has 29 heavy (non-hydrogen) atoms. The molecule has 1 saturated heterocycles. The maximum atomic E-state index is 14.2. The molecule has 1 N–H and O–H groups in total. The number of amides is 1. The Morgan fingerprint density at radius 1 is 1.07 bits per heavy atom. The Balaban J connectivity index is 2.34. The number of hydrogen-bond donors (Lipinski definition) is 1. The number of nitrogens with one attached hydrogen (secondary N) is 1. The molecule has 0 radical (unpaired) electrons. The molecule has 1 aromatic rings. The van der Waals surface area contributed by atoms with Crippen molar-refractivity contribution in [2.45, 2.75) is 65.3 Å². The van der Waals surface area contributed by atoms with Gasteiger partial charge in [0.15, 0.2) is 11.6 Å². The maximum Gasteiger partial charge on any atom is 0.492 e. The lowest BCUT2D eigenvalue weighted by molar-refractivity contribution is 0.00578. The molecular formula is C20H27BF3NO4.